The lowest BCUT2D eigenvalue weighted by molar-refractivity contribution is 0.0902. The van der Waals surface area contributed by atoms with Crippen LogP contribution >= 0.6 is 0 Å². The predicted molar refractivity (Wildman–Crippen MR) is 66.3 cm³/mol. The number of aromatic nitrogens is 1. The maximum absolute atomic E-state index is 12.3. The zero-order chi connectivity index (χ0) is 12.5. The summed E-state index contributed by atoms with van der Waals surface area (Å²) in [5.74, 6) is 0.100. The van der Waals surface area contributed by atoms with Crippen molar-refractivity contribution in [3.05, 3.63) is 35.5 Å². The van der Waals surface area contributed by atoms with Crippen molar-refractivity contribution in [3.63, 3.8) is 0 Å². The van der Waals surface area contributed by atoms with Crippen molar-refractivity contribution in [2.45, 2.75) is 6.42 Å². The van der Waals surface area contributed by atoms with E-state index in [1.165, 1.54) is 0 Å². The van der Waals surface area contributed by atoms with Gasteiger partial charge >= 0.3 is 0 Å². The summed E-state index contributed by atoms with van der Waals surface area (Å²) in [7, 11) is 0. The van der Waals surface area contributed by atoms with Crippen LogP contribution in [0.2, 0.25) is 0 Å². The number of ketones is 1. The molecule has 1 aromatic carbocycles. The molecule has 4 heteroatoms. The molecule has 0 aliphatic carbocycles. The third-order valence-electron chi connectivity index (χ3n) is 3.38. The fraction of sp³-hybridized carbons (Fsp3) is 0.286. The van der Waals surface area contributed by atoms with Crippen LogP contribution < -0.4 is 0 Å². The van der Waals surface area contributed by atoms with Crippen molar-refractivity contribution in [3.8, 4) is 6.07 Å². The Morgan fingerprint density at radius 2 is 2.39 bits per heavy atom. The number of nitrogens with one attached hydrogen (secondary N) is 1. The van der Waals surface area contributed by atoms with Crippen LogP contribution in [-0.2, 0) is 4.74 Å². The summed E-state index contributed by atoms with van der Waals surface area (Å²) in [6, 6.07) is 7.41. The largest absolute Gasteiger partial charge is 0.381 e. The number of hydrogen-bond acceptors (Lipinski definition) is 3. The third kappa shape index (κ3) is 1.69. The number of ether oxygens (including phenoxy) is 1. The Balaban J connectivity index is 2.02. The van der Waals surface area contributed by atoms with E-state index in [0.717, 1.165) is 17.3 Å². The fourth-order valence-electron chi connectivity index (χ4n) is 2.36. The first-order valence-electron chi connectivity index (χ1n) is 5.93. The normalized spacial score (nSPS) is 18.9. The van der Waals surface area contributed by atoms with Crippen LogP contribution in [0.1, 0.15) is 22.3 Å². The number of rotatable bonds is 2. The van der Waals surface area contributed by atoms with Gasteiger partial charge in [-0.2, -0.15) is 5.26 Å². The second-order valence-electron chi connectivity index (χ2n) is 4.50. The molecule has 0 amide bonds. The Labute approximate surface area is 104 Å². The molecule has 0 bridgehead atoms. The summed E-state index contributed by atoms with van der Waals surface area (Å²) in [6.07, 6.45) is 2.52. The summed E-state index contributed by atoms with van der Waals surface area (Å²) < 4.78 is 5.25. The SMILES string of the molecule is N#Cc1ccc2c(C(=O)C3CCOC3)c[nH]c2c1. The predicted octanol–water partition coefficient (Wildman–Crippen LogP) is 2.26. The summed E-state index contributed by atoms with van der Waals surface area (Å²) in [5, 5.41) is 9.72. The molecule has 90 valence electrons. The lowest BCUT2D eigenvalue weighted by Crippen LogP contribution is -2.14. The number of hydrogen-bond donors (Lipinski definition) is 1. The van der Waals surface area contributed by atoms with Gasteiger partial charge in [0.1, 0.15) is 0 Å². The van der Waals surface area contributed by atoms with E-state index < -0.39 is 0 Å². The van der Waals surface area contributed by atoms with E-state index in [9.17, 15) is 4.79 Å². The highest BCUT2D eigenvalue weighted by Crippen LogP contribution is 2.25. The number of aromatic amines is 1. The van der Waals surface area contributed by atoms with E-state index in [2.05, 4.69) is 11.1 Å². The smallest absolute Gasteiger partial charge is 0.170 e. The molecule has 1 saturated heterocycles. The second kappa shape index (κ2) is 4.28. The van der Waals surface area contributed by atoms with Gasteiger partial charge in [-0.05, 0) is 18.6 Å². The average Bonchev–Trinajstić information content (AvgIpc) is 3.06. The molecule has 1 aliphatic heterocycles. The molecule has 3 rings (SSSR count). The Morgan fingerprint density at radius 3 is 3.11 bits per heavy atom. The van der Waals surface area contributed by atoms with E-state index >= 15 is 0 Å². The summed E-state index contributed by atoms with van der Waals surface area (Å²) >= 11 is 0. The number of carbonyl (C=O) groups excluding carboxylic acids is 1. The molecule has 0 saturated carbocycles. The topological polar surface area (TPSA) is 65.9 Å². The van der Waals surface area contributed by atoms with Crippen molar-refractivity contribution in [2.75, 3.05) is 13.2 Å². The van der Waals surface area contributed by atoms with Crippen molar-refractivity contribution in [1.29, 1.82) is 5.26 Å². The third-order valence-corrected chi connectivity index (χ3v) is 3.38. The minimum Gasteiger partial charge on any atom is -0.381 e. The first-order chi connectivity index (χ1) is 8.79. The number of Topliss-reactive ketones (excluding diaryl/α,β-unsaturated/α-hetero) is 1. The van der Waals surface area contributed by atoms with Crippen molar-refractivity contribution >= 4 is 16.7 Å². The Hall–Kier alpha value is -2.12. The van der Waals surface area contributed by atoms with Gasteiger partial charge in [0, 0.05) is 35.2 Å². The second-order valence-corrected chi connectivity index (χ2v) is 4.50. The van der Waals surface area contributed by atoms with Crippen molar-refractivity contribution in [1.82, 2.24) is 4.98 Å². The van der Waals surface area contributed by atoms with Crippen LogP contribution in [0.5, 0.6) is 0 Å². The van der Waals surface area contributed by atoms with Gasteiger partial charge in [-0.15, -0.1) is 0 Å². The standard InChI is InChI=1S/C14H12N2O2/c15-6-9-1-2-11-12(7-16-13(11)5-9)14(17)10-3-4-18-8-10/h1-2,5,7,10,16H,3-4,8H2. The van der Waals surface area contributed by atoms with E-state index in [1.807, 2.05) is 6.07 Å². The van der Waals surface area contributed by atoms with Gasteiger partial charge in [-0.3, -0.25) is 4.79 Å². The number of nitrogens with zero attached hydrogens (tertiary/aromatic N) is 1. The van der Waals surface area contributed by atoms with E-state index in [1.54, 1.807) is 18.3 Å². The average molecular weight is 240 g/mol. The van der Waals surface area contributed by atoms with E-state index in [4.69, 9.17) is 10.00 Å². The molecule has 1 N–H and O–H groups in total. The summed E-state index contributed by atoms with van der Waals surface area (Å²) in [5.41, 5.74) is 2.12. The van der Waals surface area contributed by atoms with Crippen LogP contribution in [0.3, 0.4) is 0 Å². The van der Waals surface area contributed by atoms with Gasteiger partial charge in [0.25, 0.3) is 0 Å². The van der Waals surface area contributed by atoms with Gasteiger partial charge < -0.3 is 9.72 Å². The fourth-order valence-corrected chi connectivity index (χ4v) is 2.36. The summed E-state index contributed by atoms with van der Waals surface area (Å²) in [4.78, 5) is 15.4. The minimum atomic E-state index is -0.0281. The molecule has 0 radical (unpaired) electrons. The highest BCUT2D eigenvalue weighted by molar-refractivity contribution is 6.09. The molecule has 4 nitrogen and oxygen atoms in total. The molecule has 0 spiro atoms. The Bertz CT molecular complexity index is 645. The van der Waals surface area contributed by atoms with Gasteiger partial charge in [0.05, 0.1) is 18.2 Å². The Morgan fingerprint density at radius 1 is 1.50 bits per heavy atom. The first kappa shape index (κ1) is 11.0. The van der Waals surface area contributed by atoms with Crippen LogP contribution in [0.15, 0.2) is 24.4 Å². The summed E-state index contributed by atoms with van der Waals surface area (Å²) in [6.45, 7) is 1.18. The monoisotopic (exact) mass is 240 g/mol. The number of benzene rings is 1. The van der Waals surface area contributed by atoms with Gasteiger partial charge in [0.15, 0.2) is 5.78 Å². The number of carbonyl (C=O) groups is 1. The molecule has 1 fully saturated rings. The van der Waals surface area contributed by atoms with Gasteiger partial charge in [0.2, 0.25) is 0 Å². The number of nitriles is 1. The maximum atomic E-state index is 12.3. The van der Waals surface area contributed by atoms with E-state index in [-0.39, 0.29) is 11.7 Å². The molecule has 1 aromatic heterocycles. The molecule has 1 unspecified atom stereocenters. The van der Waals surface area contributed by atoms with Crippen LogP contribution in [0.4, 0.5) is 0 Å². The quantitative estimate of drug-likeness (QED) is 0.819. The zero-order valence-corrected chi connectivity index (χ0v) is 9.77. The van der Waals surface area contributed by atoms with Crippen molar-refractivity contribution < 1.29 is 9.53 Å². The van der Waals surface area contributed by atoms with Crippen molar-refractivity contribution in [2.24, 2.45) is 5.92 Å². The lowest BCUT2D eigenvalue weighted by Gasteiger charge is -2.04. The van der Waals surface area contributed by atoms with Crippen LogP contribution in [-0.4, -0.2) is 24.0 Å². The Kier molecular flexibility index (Phi) is 2.62. The number of H-pyrrole nitrogens is 1. The lowest BCUT2D eigenvalue weighted by atomic mass is 9.96. The molecule has 1 atom stereocenters. The molecule has 2 heterocycles. The van der Waals surface area contributed by atoms with Gasteiger partial charge in [-0.25, -0.2) is 0 Å². The van der Waals surface area contributed by atoms with E-state index in [0.29, 0.717) is 24.3 Å². The zero-order valence-electron chi connectivity index (χ0n) is 9.77. The molecule has 18 heavy (non-hydrogen) atoms. The molecular weight excluding hydrogens is 228 g/mol. The molecule has 1 aliphatic rings. The van der Waals surface area contributed by atoms with Gasteiger partial charge in [-0.1, -0.05) is 6.07 Å². The van der Waals surface area contributed by atoms with Crippen LogP contribution in [0.25, 0.3) is 10.9 Å². The van der Waals surface area contributed by atoms with Crippen LogP contribution in [0, 0.1) is 17.2 Å². The minimum absolute atomic E-state index is 0.0281. The molecule has 2 aromatic rings. The highest BCUT2D eigenvalue weighted by Gasteiger charge is 2.26. The first-order valence-corrected chi connectivity index (χ1v) is 5.93. The number of fused-ring (bicyclic) bond motifs is 1. The maximum Gasteiger partial charge on any atom is 0.170 e. The highest BCUT2D eigenvalue weighted by atomic mass is 16.5. The molecular formula is C14H12N2O2.